The van der Waals surface area contributed by atoms with Gasteiger partial charge in [-0.25, -0.2) is 4.39 Å². The number of carbonyl (C=O) groups excluding carboxylic acids is 1. The number of esters is 1. The first-order valence-electron chi connectivity index (χ1n) is 6.88. The normalized spacial score (nSPS) is 27.7. The number of hydrogen-bond donors (Lipinski definition) is 0. The van der Waals surface area contributed by atoms with Gasteiger partial charge in [0, 0.05) is 6.42 Å². The van der Waals surface area contributed by atoms with Crippen LogP contribution in [0.2, 0.25) is 0 Å². The molecule has 0 spiro atoms. The van der Waals surface area contributed by atoms with E-state index in [1.54, 1.807) is 0 Å². The van der Waals surface area contributed by atoms with Crippen molar-refractivity contribution >= 4 is 5.97 Å². The molecule has 0 radical (unpaired) electrons. The molecule has 2 aliphatic carbocycles. The van der Waals surface area contributed by atoms with Crippen molar-refractivity contribution in [3.63, 3.8) is 0 Å². The number of carbonyl (C=O) groups is 1. The van der Waals surface area contributed by atoms with Gasteiger partial charge in [-0.15, -0.1) is 0 Å². The molecule has 100 valence electrons. The SMILES string of the molecule is O=C(CC1CCC(F)CC1)OCC1=CC=CCC1. The molecule has 0 amide bonds. The van der Waals surface area contributed by atoms with Gasteiger partial charge in [-0.05, 0) is 50.0 Å². The topological polar surface area (TPSA) is 26.3 Å². The molecule has 0 atom stereocenters. The van der Waals surface area contributed by atoms with E-state index < -0.39 is 6.17 Å². The van der Waals surface area contributed by atoms with Crippen LogP contribution in [0.1, 0.15) is 44.9 Å². The molecule has 3 heteroatoms. The Morgan fingerprint density at radius 1 is 1.33 bits per heavy atom. The summed E-state index contributed by atoms with van der Waals surface area (Å²) in [6.45, 7) is 0.418. The van der Waals surface area contributed by atoms with Crippen molar-refractivity contribution in [1.82, 2.24) is 0 Å². The van der Waals surface area contributed by atoms with E-state index >= 15 is 0 Å². The molecule has 2 nitrogen and oxygen atoms in total. The van der Waals surface area contributed by atoms with Crippen molar-refractivity contribution < 1.29 is 13.9 Å². The van der Waals surface area contributed by atoms with Gasteiger partial charge >= 0.3 is 5.97 Å². The van der Waals surface area contributed by atoms with Crippen LogP contribution in [0.15, 0.2) is 23.8 Å². The van der Waals surface area contributed by atoms with E-state index in [-0.39, 0.29) is 5.97 Å². The van der Waals surface area contributed by atoms with Crippen LogP contribution in [0.25, 0.3) is 0 Å². The summed E-state index contributed by atoms with van der Waals surface area (Å²) in [5, 5.41) is 0. The van der Waals surface area contributed by atoms with Crippen molar-refractivity contribution in [2.75, 3.05) is 6.61 Å². The Hall–Kier alpha value is -1.12. The number of alkyl halides is 1. The molecular formula is C15H21FO2. The third-order valence-corrected chi connectivity index (χ3v) is 3.75. The zero-order valence-corrected chi connectivity index (χ0v) is 10.7. The van der Waals surface area contributed by atoms with Crippen molar-refractivity contribution in [2.24, 2.45) is 5.92 Å². The van der Waals surface area contributed by atoms with Gasteiger partial charge in [0.15, 0.2) is 0 Å². The molecule has 0 heterocycles. The molecular weight excluding hydrogens is 231 g/mol. The third kappa shape index (κ3) is 4.28. The minimum atomic E-state index is -0.656. The molecule has 2 rings (SSSR count). The lowest BCUT2D eigenvalue weighted by atomic mass is 9.86. The number of halogens is 1. The van der Waals surface area contributed by atoms with E-state index in [0.29, 0.717) is 31.8 Å². The Kier molecular flexibility index (Phi) is 4.97. The molecule has 1 saturated carbocycles. The van der Waals surface area contributed by atoms with Crippen LogP contribution in [0.3, 0.4) is 0 Å². The quantitative estimate of drug-likeness (QED) is 0.713. The van der Waals surface area contributed by atoms with Crippen LogP contribution in [-0.2, 0) is 9.53 Å². The molecule has 0 N–H and O–H groups in total. The van der Waals surface area contributed by atoms with Crippen molar-refractivity contribution in [3.8, 4) is 0 Å². The van der Waals surface area contributed by atoms with Gasteiger partial charge in [0.1, 0.15) is 12.8 Å². The van der Waals surface area contributed by atoms with Crippen LogP contribution in [-0.4, -0.2) is 18.7 Å². The lowest BCUT2D eigenvalue weighted by molar-refractivity contribution is -0.144. The average Bonchev–Trinajstić information content (AvgIpc) is 2.40. The smallest absolute Gasteiger partial charge is 0.306 e. The van der Waals surface area contributed by atoms with Gasteiger partial charge in [0.25, 0.3) is 0 Å². The first-order valence-corrected chi connectivity index (χ1v) is 6.88. The maximum atomic E-state index is 13.0. The maximum Gasteiger partial charge on any atom is 0.306 e. The lowest BCUT2D eigenvalue weighted by Crippen LogP contribution is -2.19. The summed E-state index contributed by atoms with van der Waals surface area (Å²) in [6.07, 6.45) is 10.8. The fraction of sp³-hybridized carbons (Fsp3) is 0.667. The molecule has 0 saturated heterocycles. The van der Waals surface area contributed by atoms with Gasteiger partial charge in [-0.2, -0.15) is 0 Å². The van der Waals surface area contributed by atoms with Crippen molar-refractivity contribution in [1.29, 1.82) is 0 Å². The second-order valence-electron chi connectivity index (χ2n) is 5.27. The molecule has 0 aromatic rings. The van der Waals surface area contributed by atoms with E-state index in [4.69, 9.17) is 4.74 Å². The predicted molar refractivity (Wildman–Crippen MR) is 68.9 cm³/mol. The number of ether oxygens (including phenoxy) is 1. The summed E-state index contributed by atoms with van der Waals surface area (Å²) in [5.74, 6) is 0.192. The fourth-order valence-corrected chi connectivity index (χ4v) is 2.57. The summed E-state index contributed by atoms with van der Waals surface area (Å²) in [6, 6.07) is 0. The standard InChI is InChI=1S/C15H21FO2/c16-14-8-6-12(7-9-14)10-15(17)18-11-13-4-2-1-3-5-13/h1-2,4,12,14H,3,5-11H2. The van der Waals surface area contributed by atoms with Crippen molar-refractivity contribution in [3.05, 3.63) is 23.8 Å². The summed E-state index contributed by atoms with van der Waals surface area (Å²) >= 11 is 0. The second-order valence-corrected chi connectivity index (χ2v) is 5.27. The molecule has 2 aliphatic rings. The molecule has 0 aromatic carbocycles. The van der Waals surface area contributed by atoms with Crippen molar-refractivity contribution in [2.45, 2.75) is 51.1 Å². The summed E-state index contributed by atoms with van der Waals surface area (Å²) in [7, 11) is 0. The monoisotopic (exact) mass is 252 g/mol. The molecule has 0 aromatic heterocycles. The summed E-state index contributed by atoms with van der Waals surface area (Å²) in [4.78, 5) is 11.7. The van der Waals surface area contributed by atoms with Gasteiger partial charge < -0.3 is 4.74 Å². The minimum absolute atomic E-state index is 0.132. The predicted octanol–water partition coefficient (Wildman–Crippen LogP) is 3.72. The highest BCUT2D eigenvalue weighted by Gasteiger charge is 2.23. The molecule has 18 heavy (non-hydrogen) atoms. The van der Waals surface area contributed by atoms with Crippen LogP contribution < -0.4 is 0 Å². The zero-order chi connectivity index (χ0) is 12.8. The van der Waals surface area contributed by atoms with E-state index in [9.17, 15) is 9.18 Å². The van der Waals surface area contributed by atoms with Crippen LogP contribution in [0.5, 0.6) is 0 Å². The first kappa shape index (κ1) is 13.3. The third-order valence-electron chi connectivity index (χ3n) is 3.75. The molecule has 1 fully saturated rings. The fourth-order valence-electron chi connectivity index (χ4n) is 2.57. The average molecular weight is 252 g/mol. The van der Waals surface area contributed by atoms with Gasteiger partial charge in [0.05, 0.1) is 0 Å². The summed E-state index contributed by atoms with van der Waals surface area (Å²) < 4.78 is 18.2. The van der Waals surface area contributed by atoms with Gasteiger partial charge in [0.2, 0.25) is 0 Å². The van der Waals surface area contributed by atoms with E-state index in [2.05, 4.69) is 6.08 Å². The molecule has 0 unspecified atom stereocenters. The zero-order valence-electron chi connectivity index (χ0n) is 10.7. The van der Waals surface area contributed by atoms with Crippen LogP contribution in [0, 0.1) is 5.92 Å². The molecule has 0 bridgehead atoms. The van der Waals surface area contributed by atoms with Crippen LogP contribution >= 0.6 is 0 Å². The Balaban J connectivity index is 1.66. The second kappa shape index (κ2) is 6.72. The minimum Gasteiger partial charge on any atom is -0.461 e. The Bertz CT molecular complexity index is 338. The maximum absolute atomic E-state index is 13.0. The van der Waals surface area contributed by atoms with Gasteiger partial charge in [-0.3, -0.25) is 4.79 Å². The highest BCUT2D eigenvalue weighted by Crippen LogP contribution is 2.28. The van der Waals surface area contributed by atoms with E-state index in [1.807, 2.05) is 12.2 Å². The number of allylic oxidation sites excluding steroid dienone is 3. The Morgan fingerprint density at radius 2 is 2.11 bits per heavy atom. The lowest BCUT2D eigenvalue weighted by Gasteiger charge is -2.23. The first-order chi connectivity index (χ1) is 8.74. The highest BCUT2D eigenvalue weighted by molar-refractivity contribution is 5.69. The molecule has 0 aliphatic heterocycles. The Morgan fingerprint density at radius 3 is 2.78 bits per heavy atom. The van der Waals surface area contributed by atoms with E-state index in [0.717, 1.165) is 25.7 Å². The summed E-state index contributed by atoms with van der Waals surface area (Å²) in [5.41, 5.74) is 1.18. The number of hydrogen-bond acceptors (Lipinski definition) is 2. The van der Waals surface area contributed by atoms with Gasteiger partial charge in [-0.1, -0.05) is 18.2 Å². The number of rotatable bonds is 4. The Labute approximate surface area is 108 Å². The van der Waals surface area contributed by atoms with Crippen LogP contribution in [0.4, 0.5) is 4.39 Å². The largest absolute Gasteiger partial charge is 0.461 e. The highest BCUT2D eigenvalue weighted by atomic mass is 19.1. The van der Waals surface area contributed by atoms with E-state index in [1.165, 1.54) is 5.57 Å².